The lowest BCUT2D eigenvalue weighted by Crippen LogP contribution is -2.26. The maximum absolute atomic E-state index is 11.9. The standard InChI is InChI=1S/C16H23N5OS/c1-13(2)11-21-16(18-19-20-21)23-12-15(22)17-10-6-9-14-7-4-3-5-8-14/h3-5,7-8,13H,6,9-12H2,1-2H3,(H,17,22). The van der Waals surface area contributed by atoms with Gasteiger partial charge in [-0.2, -0.15) is 0 Å². The van der Waals surface area contributed by atoms with Crippen LogP contribution in [0, 0.1) is 5.92 Å². The van der Waals surface area contributed by atoms with Crippen molar-refractivity contribution in [3.63, 3.8) is 0 Å². The average molecular weight is 333 g/mol. The predicted molar refractivity (Wildman–Crippen MR) is 91.2 cm³/mol. The molecule has 0 fully saturated rings. The zero-order valence-electron chi connectivity index (χ0n) is 13.6. The summed E-state index contributed by atoms with van der Waals surface area (Å²) < 4.78 is 1.75. The summed E-state index contributed by atoms with van der Waals surface area (Å²) in [5.41, 5.74) is 1.30. The summed E-state index contributed by atoms with van der Waals surface area (Å²) in [5, 5.41) is 15.2. The number of amides is 1. The van der Waals surface area contributed by atoms with Crippen molar-refractivity contribution in [1.29, 1.82) is 0 Å². The van der Waals surface area contributed by atoms with Crippen LogP contribution in [0.5, 0.6) is 0 Å². The molecule has 0 aliphatic rings. The molecule has 7 heteroatoms. The molecule has 1 aromatic carbocycles. The lowest BCUT2D eigenvalue weighted by molar-refractivity contribution is -0.118. The first kappa shape index (κ1) is 17.5. The van der Waals surface area contributed by atoms with Crippen LogP contribution in [0.15, 0.2) is 35.5 Å². The summed E-state index contributed by atoms with van der Waals surface area (Å²) in [6.07, 6.45) is 1.91. The fourth-order valence-electron chi connectivity index (χ4n) is 2.11. The van der Waals surface area contributed by atoms with Crippen LogP contribution in [0.1, 0.15) is 25.8 Å². The highest BCUT2D eigenvalue weighted by Crippen LogP contribution is 2.14. The minimum atomic E-state index is 0.0159. The van der Waals surface area contributed by atoms with E-state index in [4.69, 9.17) is 0 Å². The van der Waals surface area contributed by atoms with Crippen molar-refractivity contribution in [2.45, 2.75) is 38.4 Å². The van der Waals surface area contributed by atoms with Gasteiger partial charge in [-0.3, -0.25) is 4.79 Å². The second-order valence-corrected chi connectivity index (χ2v) is 6.71. The molecule has 1 aromatic heterocycles. The van der Waals surface area contributed by atoms with Gasteiger partial charge in [-0.25, -0.2) is 4.68 Å². The minimum Gasteiger partial charge on any atom is -0.355 e. The minimum absolute atomic E-state index is 0.0159. The summed E-state index contributed by atoms with van der Waals surface area (Å²) in [4.78, 5) is 11.9. The number of carbonyl (C=O) groups is 1. The third-order valence-electron chi connectivity index (χ3n) is 3.18. The van der Waals surface area contributed by atoms with E-state index in [1.165, 1.54) is 17.3 Å². The average Bonchev–Trinajstić information content (AvgIpc) is 2.97. The Morgan fingerprint density at radius 3 is 2.83 bits per heavy atom. The second-order valence-electron chi connectivity index (χ2n) is 5.77. The molecular weight excluding hydrogens is 310 g/mol. The van der Waals surface area contributed by atoms with Gasteiger partial charge in [0.1, 0.15) is 0 Å². The molecule has 6 nitrogen and oxygen atoms in total. The number of nitrogens with one attached hydrogen (secondary N) is 1. The molecule has 1 heterocycles. The van der Waals surface area contributed by atoms with Crippen molar-refractivity contribution in [2.24, 2.45) is 5.92 Å². The Hall–Kier alpha value is -1.89. The molecule has 0 aliphatic heterocycles. The van der Waals surface area contributed by atoms with Crippen LogP contribution in [0.25, 0.3) is 0 Å². The Balaban J connectivity index is 1.64. The molecule has 1 amide bonds. The lowest BCUT2D eigenvalue weighted by atomic mass is 10.1. The number of benzene rings is 1. The highest BCUT2D eigenvalue weighted by atomic mass is 32.2. The summed E-state index contributed by atoms with van der Waals surface area (Å²) >= 11 is 1.37. The molecule has 0 aliphatic carbocycles. The molecule has 0 unspecified atom stereocenters. The van der Waals surface area contributed by atoms with E-state index in [9.17, 15) is 4.79 Å². The maximum Gasteiger partial charge on any atom is 0.230 e. The van der Waals surface area contributed by atoms with Gasteiger partial charge in [0, 0.05) is 13.1 Å². The predicted octanol–water partition coefficient (Wildman–Crippen LogP) is 2.17. The van der Waals surface area contributed by atoms with Gasteiger partial charge >= 0.3 is 0 Å². The fourth-order valence-corrected chi connectivity index (χ4v) is 2.82. The van der Waals surface area contributed by atoms with Gasteiger partial charge in [-0.1, -0.05) is 55.9 Å². The Kier molecular flexibility index (Phi) is 7.06. The third-order valence-corrected chi connectivity index (χ3v) is 4.13. The quantitative estimate of drug-likeness (QED) is 0.562. The molecule has 0 saturated carbocycles. The first-order valence-electron chi connectivity index (χ1n) is 7.84. The SMILES string of the molecule is CC(C)Cn1nnnc1SCC(=O)NCCCc1ccccc1. The zero-order valence-corrected chi connectivity index (χ0v) is 14.4. The molecule has 2 aromatic rings. The van der Waals surface area contributed by atoms with E-state index >= 15 is 0 Å². The lowest BCUT2D eigenvalue weighted by Gasteiger charge is -2.07. The Morgan fingerprint density at radius 1 is 1.30 bits per heavy atom. The number of hydrogen-bond acceptors (Lipinski definition) is 5. The van der Waals surface area contributed by atoms with Crippen molar-refractivity contribution in [1.82, 2.24) is 25.5 Å². The smallest absolute Gasteiger partial charge is 0.230 e. The molecule has 124 valence electrons. The van der Waals surface area contributed by atoms with Crippen LogP contribution < -0.4 is 5.32 Å². The molecule has 0 atom stereocenters. The van der Waals surface area contributed by atoms with E-state index < -0.39 is 0 Å². The highest BCUT2D eigenvalue weighted by molar-refractivity contribution is 7.99. The van der Waals surface area contributed by atoms with Crippen LogP contribution in [-0.4, -0.2) is 38.4 Å². The Bertz CT molecular complexity index is 600. The van der Waals surface area contributed by atoms with Crippen molar-refractivity contribution in [2.75, 3.05) is 12.3 Å². The molecule has 0 saturated heterocycles. The van der Waals surface area contributed by atoms with Crippen LogP contribution in [0.3, 0.4) is 0 Å². The van der Waals surface area contributed by atoms with Crippen molar-refractivity contribution >= 4 is 17.7 Å². The van der Waals surface area contributed by atoms with E-state index in [1.807, 2.05) is 18.2 Å². The van der Waals surface area contributed by atoms with E-state index in [-0.39, 0.29) is 5.91 Å². The largest absolute Gasteiger partial charge is 0.355 e. The van der Waals surface area contributed by atoms with E-state index in [0.717, 1.165) is 19.4 Å². The van der Waals surface area contributed by atoms with Crippen molar-refractivity contribution in [3.05, 3.63) is 35.9 Å². The Morgan fingerprint density at radius 2 is 2.09 bits per heavy atom. The number of hydrogen-bond donors (Lipinski definition) is 1. The first-order chi connectivity index (χ1) is 11.1. The monoisotopic (exact) mass is 333 g/mol. The van der Waals surface area contributed by atoms with Crippen LogP contribution in [0.2, 0.25) is 0 Å². The van der Waals surface area contributed by atoms with Gasteiger partial charge in [0.2, 0.25) is 11.1 Å². The van der Waals surface area contributed by atoms with Gasteiger partial charge in [-0.15, -0.1) is 5.10 Å². The van der Waals surface area contributed by atoms with Crippen LogP contribution in [-0.2, 0) is 17.8 Å². The number of carbonyl (C=O) groups excluding carboxylic acids is 1. The second kappa shape index (κ2) is 9.29. The number of rotatable bonds is 9. The van der Waals surface area contributed by atoms with E-state index in [1.54, 1.807) is 4.68 Å². The van der Waals surface area contributed by atoms with Gasteiger partial charge in [-0.05, 0) is 34.7 Å². The molecule has 1 N–H and O–H groups in total. The van der Waals surface area contributed by atoms with Gasteiger partial charge < -0.3 is 5.32 Å². The molecule has 2 rings (SSSR count). The molecular formula is C16H23N5OS. The number of nitrogens with zero attached hydrogens (tertiary/aromatic N) is 4. The molecule has 0 radical (unpaired) electrons. The molecule has 0 bridgehead atoms. The van der Waals surface area contributed by atoms with Gasteiger partial charge in [0.05, 0.1) is 5.75 Å². The summed E-state index contributed by atoms with van der Waals surface area (Å²) in [5.74, 6) is 0.816. The van der Waals surface area contributed by atoms with E-state index in [2.05, 4.69) is 46.8 Å². The number of aromatic nitrogens is 4. The number of thioether (sulfide) groups is 1. The van der Waals surface area contributed by atoms with Gasteiger partial charge in [0.25, 0.3) is 0 Å². The zero-order chi connectivity index (χ0) is 16.5. The fraction of sp³-hybridized carbons (Fsp3) is 0.500. The first-order valence-corrected chi connectivity index (χ1v) is 8.83. The Labute approximate surface area is 141 Å². The summed E-state index contributed by atoms with van der Waals surface area (Å²) in [7, 11) is 0. The summed E-state index contributed by atoms with van der Waals surface area (Å²) in [6, 6.07) is 10.3. The molecule has 23 heavy (non-hydrogen) atoms. The van der Waals surface area contributed by atoms with E-state index in [0.29, 0.717) is 23.4 Å². The van der Waals surface area contributed by atoms with Crippen molar-refractivity contribution < 1.29 is 4.79 Å². The normalized spacial score (nSPS) is 10.9. The van der Waals surface area contributed by atoms with Crippen LogP contribution in [0.4, 0.5) is 0 Å². The van der Waals surface area contributed by atoms with Crippen molar-refractivity contribution in [3.8, 4) is 0 Å². The number of tetrazole rings is 1. The number of aryl methyl sites for hydroxylation is 1. The maximum atomic E-state index is 11.9. The third kappa shape index (κ3) is 6.40. The van der Waals surface area contributed by atoms with Crippen LogP contribution >= 0.6 is 11.8 Å². The summed E-state index contributed by atoms with van der Waals surface area (Å²) in [6.45, 7) is 5.66. The topological polar surface area (TPSA) is 72.7 Å². The highest BCUT2D eigenvalue weighted by Gasteiger charge is 2.10. The molecule has 0 spiro atoms. The van der Waals surface area contributed by atoms with Gasteiger partial charge in [0.15, 0.2) is 0 Å².